The third-order valence-corrected chi connectivity index (χ3v) is 5.62. The molecule has 0 atom stereocenters. The van der Waals surface area contributed by atoms with Crippen LogP contribution in [0.3, 0.4) is 0 Å². The van der Waals surface area contributed by atoms with Crippen LogP contribution in [0.2, 0.25) is 0 Å². The predicted molar refractivity (Wildman–Crippen MR) is 86.2 cm³/mol. The van der Waals surface area contributed by atoms with Crippen LogP contribution in [-0.4, -0.2) is 41.4 Å². The van der Waals surface area contributed by atoms with Gasteiger partial charge >= 0.3 is 5.97 Å². The summed E-state index contributed by atoms with van der Waals surface area (Å²) in [6.07, 6.45) is 0. The standard InChI is InChI=1S/C12H14N2O3S3/c1-7-5-8(11(16)17-2)10(20-7)14-9(15)6-19-12-13-3-4-18-12/h5H,3-4,6H2,1-2H3,(H,14,15). The second kappa shape index (κ2) is 7.14. The highest BCUT2D eigenvalue weighted by Crippen LogP contribution is 2.29. The first kappa shape index (κ1) is 15.4. The molecule has 5 nitrogen and oxygen atoms in total. The monoisotopic (exact) mass is 330 g/mol. The SMILES string of the molecule is COC(=O)c1cc(C)sc1NC(=O)CSC1=NCCS1. The summed E-state index contributed by atoms with van der Waals surface area (Å²) >= 11 is 4.46. The molecule has 2 heterocycles. The van der Waals surface area contributed by atoms with Crippen LogP contribution in [0, 0.1) is 6.92 Å². The number of aliphatic imine (C=N–C) groups is 1. The second-order valence-corrected chi connectivity index (χ2v) is 7.49. The summed E-state index contributed by atoms with van der Waals surface area (Å²) in [4.78, 5) is 28.7. The fourth-order valence-electron chi connectivity index (χ4n) is 1.56. The summed E-state index contributed by atoms with van der Waals surface area (Å²) in [5.41, 5.74) is 0.404. The Bertz CT molecular complexity index is 554. The van der Waals surface area contributed by atoms with Gasteiger partial charge in [-0.1, -0.05) is 23.5 Å². The maximum Gasteiger partial charge on any atom is 0.340 e. The van der Waals surface area contributed by atoms with E-state index < -0.39 is 5.97 Å². The van der Waals surface area contributed by atoms with E-state index in [0.29, 0.717) is 16.3 Å². The molecule has 0 aliphatic carbocycles. The molecule has 108 valence electrons. The number of carbonyl (C=O) groups excluding carboxylic acids is 2. The Kier molecular flexibility index (Phi) is 5.50. The fourth-order valence-corrected chi connectivity index (χ4v) is 4.29. The van der Waals surface area contributed by atoms with Gasteiger partial charge in [0.05, 0.1) is 25.0 Å². The predicted octanol–water partition coefficient (Wildman–Crippen LogP) is 2.62. The van der Waals surface area contributed by atoms with Crippen LogP contribution in [0.15, 0.2) is 11.1 Å². The Labute approximate surface area is 129 Å². The lowest BCUT2D eigenvalue weighted by atomic mass is 10.3. The van der Waals surface area contributed by atoms with E-state index in [-0.39, 0.29) is 5.91 Å². The Balaban J connectivity index is 1.95. The minimum absolute atomic E-state index is 0.141. The van der Waals surface area contributed by atoms with Crippen molar-refractivity contribution >= 4 is 56.1 Å². The Hall–Kier alpha value is -0.990. The van der Waals surface area contributed by atoms with Gasteiger partial charge in [0.1, 0.15) is 9.38 Å². The topological polar surface area (TPSA) is 67.8 Å². The van der Waals surface area contributed by atoms with E-state index in [1.54, 1.807) is 17.8 Å². The van der Waals surface area contributed by atoms with Crippen molar-refractivity contribution in [2.24, 2.45) is 4.99 Å². The normalized spacial score (nSPS) is 14.0. The number of hydrogen-bond acceptors (Lipinski definition) is 7. The molecule has 0 radical (unpaired) electrons. The Morgan fingerprint density at radius 3 is 3.00 bits per heavy atom. The molecule has 1 aliphatic heterocycles. The van der Waals surface area contributed by atoms with E-state index in [1.807, 2.05) is 6.92 Å². The molecule has 0 fully saturated rings. The summed E-state index contributed by atoms with van der Waals surface area (Å²) in [6.45, 7) is 2.70. The largest absolute Gasteiger partial charge is 0.465 e. The molecule has 1 aromatic rings. The molecular weight excluding hydrogens is 316 g/mol. The molecule has 0 unspecified atom stereocenters. The number of anilines is 1. The highest BCUT2D eigenvalue weighted by Gasteiger charge is 2.18. The molecule has 8 heteroatoms. The van der Waals surface area contributed by atoms with Crippen LogP contribution in [0.5, 0.6) is 0 Å². The van der Waals surface area contributed by atoms with Crippen LogP contribution in [-0.2, 0) is 9.53 Å². The maximum atomic E-state index is 11.9. The molecule has 1 aliphatic rings. The summed E-state index contributed by atoms with van der Waals surface area (Å²) in [6, 6.07) is 1.72. The smallest absolute Gasteiger partial charge is 0.340 e. The van der Waals surface area contributed by atoms with Gasteiger partial charge in [0.25, 0.3) is 0 Å². The molecule has 1 aromatic heterocycles. The highest BCUT2D eigenvalue weighted by molar-refractivity contribution is 8.39. The number of thiophene rings is 1. The number of ether oxygens (including phenoxy) is 1. The zero-order chi connectivity index (χ0) is 14.5. The van der Waals surface area contributed by atoms with Crippen molar-refractivity contribution in [2.75, 3.05) is 30.5 Å². The quantitative estimate of drug-likeness (QED) is 0.860. The Morgan fingerprint density at radius 2 is 2.35 bits per heavy atom. The van der Waals surface area contributed by atoms with Crippen molar-refractivity contribution < 1.29 is 14.3 Å². The van der Waals surface area contributed by atoms with Gasteiger partial charge in [0.2, 0.25) is 5.91 Å². The van der Waals surface area contributed by atoms with Crippen LogP contribution >= 0.6 is 34.9 Å². The number of rotatable bonds is 4. The number of thioether (sulfide) groups is 2. The minimum Gasteiger partial charge on any atom is -0.465 e. The van der Waals surface area contributed by atoms with E-state index in [2.05, 4.69) is 10.3 Å². The van der Waals surface area contributed by atoms with Crippen molar-refractivity contribution in [3.8, 4) is 0 Å². The second-order valence-electron chi connectivity index (χ2n) is 3.92. The molecule has 1 N–H and O–H groups in total. The number of esters is 1. The summed E-state index contributed by atoms with van der Waals surface area (Å²) in [5.74, 6) is 0.703. The van der Waals surface area contributed by atoms with E-state index in [4.69, 9.17) is 4.74 Å². The fraction of sp³-hybridized carbons (Fsp3) is 0.417. The van der Waals surface area contributed by atoms with Gasteiger partial charge in [0.15, 0.2) is 0 Å². The molecule has 2 rings (SSSR count). The average Bonchev–Trinajstić information content (AvgIpc) is 3.05. The third-order valence-electron chi connectivity index (χ3n) is 2.40. The van der Waals surface area contributed by atoms with Crippen molar-refractivity contribution in [1.29, 1.82) is 0 Å². The first-order valence-electron chi connectivity index (χ1n) is 5.89. The molecule has 20 heavy (non-hydrogen) atoms. The molecule has 0 spiro atoms. The van der Waals surface area contributed by atoms with Crippen molar-refractivity contribution in [2.45, 2.75) is 6.92 Å². The zero-order valence-corrected chi connectivity index (χ0v) is 13.5. The van der Waals surface area contributed by atoms with Crippen molar-refractivity contribution in [1.82, 2.24) is 0 Å². The first-order chi connectivity index (χ1) is 9.60. The van der Waals surface area contributed by atoms with Gasteiger partial charge in [-0.05, 0) is 13.0 Å². The summed E-state index contributed by atoms with van der Waals surface area (Å²) in [7, 11) is 1.33. The van der Waals surface area contributed by atoms with Crippen LogP contribution in [0.4, 0.5) is 5.00 Å². The number of carbonyl (C=O) groups is 2. The number of hydrogen-bond donors (Lipinski definition) is 1. The molecule has 0 saturated carbocycles. The van der Waals surface area contributed by atoms with Gasteiger partial charge in [-0.2, -0.15) is 0 Å². The summed E-state index contributed by atoms with van der Waals surface area (Å²) < 4.78 is 5.66. The first-order valence-corrected chi connectivity index (χ1v) is 8.67. The van der Waals surface area contributed by atoms with E-state index in [1.165, 1.54) is 30.2 Å². The van der Waals surface area contributed by atoms with Gasteiger partial charge in [-0.15, -0.1) is 11.3 Å². The molecule has 0 bridgehead atoms. The lowest BCUT2D eigenvalue weighted by Crippen LogP contribution is -2.16. The third kappa shape index (κ3) is 4.00. The number of aryl methyl sites for hydroxylation is 1. The molecule has 1 amide bonds. The van der Waals surface area contributed by atoms with E-state index >= 15 is 0 Å². The van der Waals surface area contributed by atoms with Gasteiger partial charge in [-0.3, -0.25) is 9.79 Å². The molecule has 0 aromatic carbocycles. The van der Waals surface area contributed by atoms with Gasteiger partial charge in [-0.25, -0.2) is 4.79 Å². The number of nitrogens with one attached hydrogen (secondary N) is 1. The lowest BCUT2D eigenvalue weighted by Gasteiger charge is -2.04. The van der Waals surface area contributed by atoms with Crippen LogP contribution in [0.25, 0.3) is 0 Å². The van der Waals surface area contributed by atoms with Crippen molar-refractivity contribution in [3.05, 3.63) is 16.5 Å². The summed E-state index contributed by atoms with van der Waals surface area (Å²) in [5, 5.41) is 3.31. The van der Waals surface area contributed by atoms with Gasteiger partial charge in [0, 0.05) is 10.6 Å². The molecule has 0 saturated heterocycles. The Morgan fingerprint density at radius 1 is 1.55 bits per heavy atom. The minimum atomic E-state index is -0.437. The van der Waals surface area contributed by atoms with E-state index in [0.717, 1.165) is 21.6 Å². The van der Waals surface area contributed by atoms with Gasteiger partial charge < -0.3 is 10.1 Å². The number of nitrogens with zero attached hydrogens (tertiary/aromatic N) is 1. The van der Waals surface area contributed by atoms with E-state index in [9.17, 15) is 9.59 Å². The molecular formula is C12H14N2O3S3. The average molecular weight is 330 g/mol. The number of amides is 1. The van der Waals surface area contributed by atoms with Crippen molar-refractivity contribution in [3.63, 3.8) is 0 Å². The number of methoxy groups -OCH3 is 1. The highest BCUT2D eigenvalue weighted by atomic mass is 32.2. The van der Waals surface area contributed by atoms with Crippen LogP contribution < -0.4 is 5.32 Å². The zero-order valence-electron chi connectivity index (χ0n) is 11.1. The van der Waals surface area contributed by atoms with Crippen LogP contribution in [0.1, 0.15) is 15.2 Å². The lowest BCUT2D eigenvalue weighted by molar-refractivity contribution is -0.113. The maximum absolute atomic E-state index is 11.9.